The monoisotopic (exact) mass is 250 g/mol. The predicted octanol–water partition coefficient (Wildman–Crippen LogP) is 2.40. The molecule has 0 saturated carbocycles. The number of aryl methyl sites for hydroxylation is 1. The summed E-state index contributed by atoms with van der Waals surface area (Å²) in [5.74, 6) is 0. The summed E-state index contributed by atoms with van der Waals surface area (Å²) in [4.78, 5) is 0. The SMILES string of the molecule is CCn1ccc(C(C)I)n1. The number of rotatable bonds is 2. The predicted molar refractivity (Wildman–Crippen MR) is 50.3 cm³/mol. The summed E-state index contributed by atoms with van der Waals surface area (Å²) in [6.07, 6.45) is 2.02. The Morgan fingerprint density at radius 3 is 2.80 bits per heavy atom. The Bertz CT molecular complexity index is 205. The number of hydrogen-bond acceptors (Lipinski definition) is 1. The molecule has 1 unspecified atom stereocenters. The maximum absolute atomic E-state index is 4.34. The minimum Gasteiger partial charge on any atom is -0.273 e. The summed E-state index contributed by atoms with van der Waals surface area (Å²) in [7, 11) is 0. The van der Waals surface area contributed by atoms with E-state index in [1.165, 1.54) is 5.69 Å². The molecule has 0 aliphatic rings. The van der Waals surface area contributed by atoms with Crippen molar-refractivity contribution in [2.45, 2.75) is 24.3 Å². The Morgan fingerprint density at radius 1 is 1.80 bits per heavy atom. The molecule has 0 spiro atoms. The summed E-state index contributed by atoms with van der Waals surface area (Å²) in [6.45, 7) is 5.20. The van der Waals surface area contributed by atoms with Crippen molar-refractivity contribution in [3.8, 4) is 0 Å². The van der Waals surface area contributed by atoms with Crippen LogP contribution in [-0.4, -0.2) is 9.78 Å². The van der Waals surface area contributed by atoms with Gasteiger partial charge in [0, 0.05) is 12.7 Å². The van der Waals surface area contributed by atoms with Gasteiger partial charge in [-0.2, -0.15) is 5.10 Å². The molecule has 3 heteroatoms. The Hall–Kier alpha value is -0.0600. The van der Waals surface area contributed by atoms with Crippen LogP contribution in [0.15, 0.2) is 12.3 Å². The Kier molecular flexibility index (Phi) is 2.71. The van der Waals surface area contributed by atoms with Crippen LogP contribution in [-0.2, 0) is 6.54 Å². The van der Waals surface area contributed by atoms with E-state index in [1.54, 1.807) is 0 Å². The van der Waals surface area contributed by atoms with Crippen LogP contribution in [0.25, 0.3) is 0 Å². The third-order valence-electron chi connectivity index (χ3n) is 1.39. The van der Waals surface area contributed by atoms with Gasteiger partial charge >= 0.3 is 0 Å². The molecule has 0 N–H and O–H groups in total. The van der Waals surface area contributed by atoms with Gasteiger partial charge in [-0.1, -0.05) is 22.6 Å². The van der Waals surface area contributed by atoms with Crippen molar-refractivity contribution in [3.05, 3.63) is 18.0 Å². The topological polar surface area (TPSA) is 17.8 Å². The van der Waals surface area contributed by atoms with Crippen LogP contribution in [0.3, 0.4) is 0 Å². The first-order chi connectivity index (χ1) is 4.74. The zero-order valence-electron chi connectivity index (χ0n) is 6.21. The minimum atomic E-state index is 0.519. The number of aromatic nitrogens is 2. The average molecular weight is 250 g/mol. The van der Waals surface area contributed by atoms with E-state index in [2.05, 4.69) is 47.6 Å². The van der Waals surface area contributed by atoms with E-state index in [0.29, 0.717) is 3.92 Å². The van der Waals surface area contributed by atoms with Crippen LogP contribution in [0, 0.1) is 0 Å². The second-order valence-corrected chi connectivity index (χ2v) is 4.08. The van der Waals surface area contributed by atoms with E-state index >= 15 is 0 Å². The number of hydrogen-bond donors (Lipinski definition) is 0. The van der Waals surface area contributed by atoms with E-state index in [4.69, 9.17) is 0 Å². The first kappa shape index (κ1) is 8.04. The molecule has 1 aromatic heterocycles. The summed E-state index contributed by atoms with van der Waals surface area (Å²) in [5, 5.41) is 4.34. The number of alkyl halides is 1. The maximum atomic E-state index is 4.34. The quantitative estimate of drug-likeness (QED) is 0.582. The second-order valence-electron chi connectivity index (χ2n) is 2.21. The van der Waals surface area contributed by atoms with Gasteiger partial charge in [0.25, 0.3) is 0 Å². The highest BCUT2D eigenvalue weighted by molar-refractivity contribution is 14.1. The number of halogens is 1. The molecule has 10 heavy (non-hydrogen) atoms. The standard InChI is InChI=1S/C7H11IN2/c1-3-10-5-4-7(9-10)6(2)8/h4-6H,3H2,1-2H3. The summed E-state index contributed by atoms with van der Waals surface area (Å²) in [6, 6.07) is 2.07. The first-order valence-electron chi connectivity index (χ1n) is 3.41. The highest BCUT2D eigenvalue weighted by Gasteiger charge is 2.02. The van der Waals surface area contributed by atoms with Gasteiger partial charge in [-0.05, 0) is 19.9 Å². The molecule has 0 amide bonds. The molecule has 56 valence electrons. The van der Waals surface area contributed by atoms with Gasteiger partial charge in [-0.3, -0.25) is 4.68 Å². The van der Waals surface area contributed by atoms with Gasteiger partial charge in [0.2, 0.25) is 0 Å². The fourth-order valence-electron chi connectivity index (χ4n) is 0.766. The van der Waals surface area contributed by atoms with E-state index in [1.807, 2.05) is 10.9 Å². The zero-order chi connectivity index (χ0) is 7.56. The third kappa shape index (κ3) is 1.71. The van der Waals surface area contributed by atoms with Gasteiger partial charge < -0.3 is 0 Å². The maximum Gasteiger partial charge on any atom is 0.0750 e. The Morgan fingerprint density at radius 2 is 2.50 bits per heavy atom. The van der Waals surface area contributed by atoms with Crippen LogP contribution in [0.1, 0.15) is 23.5 Å². The molecular weight excluding hydrogens is 239 g/mol. The van der Waals surface area contributed by atoms with E-state index in [9.17, 15) is 0 Å². The molecular formula is C7H11IN2. The van der Waals surface area contributed by atoms with Crippen molar-refractivity contribution in [2.24, 2.45) is 0 Å². The van der Waals surface area contributed by atoms with Crippen LogP contribution < -0.4 is 0 Å². The fraction of sp³-hybridized carbons (Fsp3) is 0.571. The second kappa shape index (κ2) is 3.37. The molecule has 0 aliphatic heterocycles. The van der Waals surface area contributed by atoms with Gasteiger partial charge in [0.1, 0.15) is 0 Å². The van der Waals surface area contributed by atoms with Gasteiger partial charge in [0.05, 0.1) is 9.62 Å². The largest absolute Gasteiger partial charge is 0.273 e. The summed E-state index contributed by atoms with van der Waals surface area (Å²) in [5.41, 5.74) is 1.17. The molecule has 0 saturated heterocycles. The first-order valence-corrected chi connectivity index (χ1v) is 4.66. The van der Waals surface area contributed by atoms with Crippen molar-refractivity contribution in [1.29, 1.82) is 0 Å². The minimum absolute atomic E-state index is 0.519. The molecule has 0 bridgehead atoms. The van der Waals surface area contributed by atoms with Crippen molar-refractivity contribution in [2.75, 3.05) is 0 Å². The average Bonchev–Trinajstić information content (AvgIpc) is 2.34. The lowest BCUT2D eigenvalue weighted by Gasteiger charge is -1.95. The molecule has 0 radical (unpaired) electrons. The van der Waals surface area contributed by atoms with Gasteiger partial charge in [0.15, 0.2) is 0 Å². The molecule has 1 heterocycles. The van der Waals surface area contributed by atoms with Crippen LogP contribution >= 0.6 is 22.6 Å². The molecule has 0 aliphatic carbocycles. The van der Waals surface area contributed by atoms with Crippen molar-refractivity contribution in [1.82, 2.24) is 9.78 Å². The van der Waals surface area contributed by atoms with Crippen LogP contribution in [0.4, 0.5) is 0 Å². The molecule has 1 aromatic rings. The molecule has 0 aromatic carbocycles. The summed E-state index contributed by atoms with van der Waals surface area (Å²) < 4.78 is 2.47. The van der Waals surface area contributed by atoms with E-state index in [-0.39, 0.29) is 0 Å². The van der Waals surface area contributed by atoms with Crippen LogP contribution in [0.2, 0.25) is 0 Å². The summed E-state index contributed by atoms with van der Waals surface area (Å²) >= 11 is 2.36. The normalized spacial score (nSPS) is 13.5. The lowest BCUT2D eigenvalue weighted by atomic mass is 10.3. The third-order valence-corrected chi connectivity index (χ3v) is 2.03. The van der Waals surface area contributed by atoms with E-state index in [0.717, 1.165) is 6.54 Å². The van der Waals surface area contributed by atoms with Crippen molar-refractivity contribution >= 4 is 22.6 Å². The lowest BCUT2D eigenvalue weighted by molar-refractivity contribution is 0.648. The Labute approximate surface area is 74.8 Å². The van der Waals surface area contributed by atoms with Crippen molar-refractivity contribution < 1.29 is 0 Å². The lowest BCUT2D eigenvalue weighted by Crippen LogP contribution is -1.95. The zero-order valence-corrected chi connectivity index (χ0v) is 8.37. The molecule has 2 nitrogen and oxygen atoms in total. The van der Waals surface area contributed by atoms with Gasteiger partial charge in [-0.25, -0.2) is 0 Å². The molecule has 0 fully saturated rings. The van der Waals surface area contributed by atoms with Crippen LogP contribution in [0.5, 0.6) is 0 Å². The molecule has 1 rings (SSSR count). The van der Waals surface area contributed by atoms with Crippen molar-refractivity contribution in [3.63, 3.8) is 0 Å². The number of nitrogens with zero attached hydrogens (tertiary/aromatic N) is 2. The molecule has 1 atom stereocenters. The highest BCUT2D eigenvalue weighted by Crippen LogP contribution is 2.19. The van der Waals surface area contributed by atoms with E-state index < -0.39 is 0 Å². The highest BCUT2D eigenvalue weighted by atomic mass is 127. The van der Waals surface area contributed by atoms with Gasteiger partial charge in [-0.15, -0.1) is 0 Å². The smallest absolute Gasteiger partial charge is 0.0750 e. The Balaban J connectivity index is 2.78. The fourth-order valence-corrected chi connectivity index (χ4v) is 1.10.